The van der Waals surface area contributed by atoms with Crippen LogP contribution in [0.1, 0.15) is 29.8 Å². The van der Waals surface area contributed by atoms with E-state index < -0.39 is 5.91 Å². The minimum Gasteiger partial charge on any atom is -0.504 e. The van der Waals surface area contributed by atoms with E-state index >= 15 is 0 Å². The lowest BCUT2D eigenvalue weighted by molar-refractivity contribution is -0.128. The smallest absolute Gasteiger partial charge is 0.294 e. The summed E-state index contributed by atoms with van der Waals surface area (Å²) < 4.78 is 1.41. The molecule has 27 heavy (non-hydrogen) atoms. The van der Waals surface area contributed by atoms with Crippen molar-refractivity contribution in [3.05, 3.63) is 42.2 Å². The predicted octanol–water partition coefficient (Wildman–Crippen LogP) is 0.232. The van der Waals surface area contributed by atoms with Crippen molar-refractivity contribution in [1.82, 2.24) is 31.5 Å². The van der Waals surface area contributed by atoms with Gasteiger partial charge in [0.05, 0.1) is 17.8 Å². The summed E-state index contributed by atoms with van der Waals surface area (Å²) in [4.78, 5) is 24.8. The van der Waals surface area contributed by atoms with Gasteiger partial charge >= 0.3 is 0 Å². The van der Waals surface area contributed by atoms with E-state index in [9.17, 15) is 14.7 Å². The zero-order valence-corrected chi connectivity index (χ0v) is 14.7. The van der Waals surface area contributed by atoms with Gasteiger partial charge in [0.1, 0.15) is 0 Å². The molecule has 1 aliphatic carbocycles. The number of para-hydroxylation sites is 1. The van der Waals surface area contributed by atoms with Gasteiger partial charge < -0.3 is 5.11 Å². The number of carbonyl (C=O) groups excluding carboxylic acids is 2. The maximum absolute atomic E-state index is 12.5. The van der Waals surface area contributed by atoms with Crippen LogP contribution >= 0.6 is 0 Å². The summed E-state index contributed by atoms with van der Waals surface area (Å²) in [6.45, 7) is 0.853. The van der Waals surface area contributed by atoms with E-state index in [1.807, 2.05) is 18.2 Å². The molecule has 2 amide bonds. The molecule has 0 radical (unpaired) electrons. The van der Waals surface area contributed by atoms with Crippen LogP contribution in [-0.2, 0) is 4.79 Å². The Morgan fingerprint density at radius 1 is 1.19 bits per heavy atom. The minimum absolute atomic E-state index is 0.0707. The summed E-state index contributed by atoms with van der Waals surface area (Å²) in [6, 6.07) is 9.20. The third-order valence-corrected chi connectivity index (χ3v) is 5.23. The zero-order chi connectivity index (χ0) is 18.8. The maximum atomic E-state index is 12.5. The van der Waals surface area contributed by atoms with E-state index in [2.05, 4.69) is 26.8 Å². The van der Waals surface area contributed by atoms with Crippen LogP contribution in [0.4, 0.5) is 0 Å². The van der Waals surface area contributed by atoms with Crippen LogP contribution in [0, 0.1) is 11.8 Å². The predicted molar refractivity (Wildman–Crippen MR) is 96.6 cm³/mol. The number of rotatable bonds is 3. The number of nitrogens with zero attached hydrogens (tertiary/aromatic N) is 2. The molecule has 1 aromatic carbocycles. The topological polar surface area (TPSA) is 120 Å². The zero-order valence-electron chi connectivity index (χ0n) is 14.7. The molecule has 0 bridgehead atoms. The van der Waals surface area contributed by atoms with E-state index in [0.717, 1.165) is 25.8 Å². The lowest BCUT2D eigenvalue weighted by Gasteiger charge is -2.31. The van der Waals surface area contributed by atoms with E-state index in [1.165, 1.54) is 10.9 Å². The van der Waals surface area contributed by atoms with Crippen LogP contribution in [0.2, 0.25) is 0 Å². The Balaban J connectivity index is 1.39. The molecule has 1 saturated carbocycles. The van der Waals surface area contributed by atoms with Gasteiger partial charge in [0, 0.05) is 12.6 Å². The SMILES string of the molecule is O=C(NNC(=O)C1CCCC2CNNC21)c1nn(-c2ccccc2)cc1O. The van der Waals surface area contributed by atoms with Crippen molar-refractivity contribution in [3.8, 4) is 11.4 Å². The van der Waals surface area contributed by atoms with E-state index in [-0.39, 0.29) is 29.3 Å². The molecule has 5 N–H and O–H groups in total. The second kappa shape index (κ2) is 7.37. The van der Waals surface area contributed by atoms with E-state index in [1.54, 1.807) is 12.1 Å². The standard InChI is InChI=1S/C18H22N6O3/c25-14-10-24(12-6-2-1-3-7-12)23-16(14)18(27)22-21-17(26)13-8-4-5-11-9-19-20-15(11)13/h1-3,6-7,10-11,13,15,19-20,25H,4-5,8-9H2,(H,21,26)(H,22,27). The van der Waals surface area contributed by atoms with Crippen molar-refractivity contribution in [2.24, 2.45) is 11.8 Å². The van der Waals surface area contributed by atoms with E-state index in [4.69, 9.17) is 0 Å². The number of aromatic nitrogens is 2. The first kappa shape index (κ1) is 17.5. The molecule has 2 aliphatic rings. The second-order valence-electron chi connectivity index (χ2n) is 6.93. The third-order valence-electron chi connectivity index (χ3n) is 5.23. The monoisotopic (exact) mass is 370 g/mol. The van der Waals surface area contributed by atoms with Gasteiger partial charge in [-0.1, -0.05) is 24.6 Å². The molecule has 4 rings (SSSR count). The number of hydrogen-bond acceptors (Lipinski definition) is 6. The van der Waals surface area contributed by atoms with Gasteiger partial charge in [-0.15, -0.1) is 0 Å². The van der Waals surface area contributed by atoms with Gasteiger partial charge in [-0.2, -0.15) is 5.10 Å². The highest BCUT2D eigenvalue weighted by molar-refractivity contribution is 5.96. The molecule has 3 unspecified atom stereocenters. The van der Waals surface area contributed by atoms with Gasteiger partial charge in [0.15, 0.2) is 11.4 Å². The summed E-state index contributed by atoms with van der Waals surface area (Å²) in [5.74, 6) is -0.952. The third kappa shape index (κ3) is 3.51. The molecular weight excluding hydrogens is 348 g/mol. The van der Waals surface area contributed by atoms with Crippen LogP contribution in [0.3, 0.4) is 0 Å². The van der Waals surface area contributed by atoms with Crippen molar-refractivity contribution in [1.29, 1.82) is 0 Å². The number of benzene rings is 1. The average molecular weight is 370 g/mol. The molecular formula is C18H22N6O3. The summed E-state index contributed by atoms with van der Waals surface area (Å²) in [6.07, 6.45) is 4.20. The van der Waals surface area contributed by atoms with Crippen molar-refractivity contribution in [2.75, 3.05) is 6.54 Å². The van der Waals surface area contributed by atoms with Crippen LogP contribution in [-0.4, -0.2) is 39.3 Å². The number of aromatic hydroxyl groups is 1. The summed E-state index contributed by atoms with van der Waals surface area (Å²) >= 11 is 0. The molecule has 1 saturated heterocycles. The highest BCUT2D eigenvalue weighted by Crippen LogP contribution is 2.31. The second-order valence-corrected chi connectivity index (χ2v) is 6.93. The Labute approximate surface area is 156 Å². The number of hydrogen-bond donors (Lipinski definition) is 5. The molecule has 3 atom stereocenters. The summed E-state index contributed by atoms with van der Waals surface area (Å²) in [5.41, 5.74) is 11.7. The normalized spacial score (nSPS) is 24.2. The molecule has 9 heteroatoms. The van der Waals surface area contributed by atoms with Crippen molar-refractivity contribution in [2.45, 2.75) is 25.3 Å². The van der Waals surface area contributed by atoms with Gasteiger partial charge in [-0.25, -0.2) is 4.68 Å². The highest BCUT2D eigenvalue weighted by Gasteiger charge is 2.40. The molecule has 9 nitrogen and oxygen atoms in total. The molecule has 142 valence electrons. The van der Waals surface area contributed by atoms with Gasteiger partial charge in [0.25, 0.3) is 5.91 Å². The van der Waals surface area contributed by atoms with Gasteiger partial charge in [-0.3, -0.25) is 31.3 Å². The first-order valence-corrected chi connectivity index (χ1v) is 9.06. The lowest BCUT2D eigenvalue weighted by atomic mass is 9.78. The Kier molecular flexibility index (Phi) is 4.78. The summed E-state index contributed by atoms with van der Waals surface area (Å²) in [5, 5.41) is 14.1. The van der Waals surface area contributed by atoms with Crippen LogP contribution < -0.4 is 21.7 Å². The minimum atomic E-state index is -0.666. The number of nitrogens with one attached hydrogen (secondary N) is 4. The van der Waals surface area contributed by atoms with Crippen LogP contribution in [0.15, 0.2) is 36.5 Å². The first-order chi connectivity index (χ1) is 13.1. The van der Waals surface area contributed by atoms with Crippen molar-refractivity contribution in [3.63, 3.8) is 0 Å². The fraction of sp³-hybridized carbons (Fsp3) is 0.389. The average Bonchev–Trinajstić information content (AvgIpc) is 3.33. The largest absolute Gasteiger partial charge is 0.504 e. The van der Waals surface area contributed by atoms with Crippen LogP contribution in [0.5, 0.6) is 5.75 Å². The quantitative estimate of drug-likeness (QED) is 0.494. The number of fused-ring (bicyclic) bond motifs is 1. The first-order valence-electron chi connectivity index (χ1n) is 9.06. The fourth-order valence-corrected chi connectivity index (χ4v) is 3.85. The van der Waals surface area contributed by atoms with Gasteiger partial charge in [-0.05, 0) is 30.9 Å². The maximum Gasteiger partial charge on any atom is 0.294 e. The molecule has 2 aromatic rings. The molecule has 1 aliphatic heterocycles. The molecule has 1 aromatic heterocycles. The number of hydrazine groups is 2. The molecule has 2 fully saturated rings. The Morgan fingerprint density at radius 2 is 2.00 bits per heavy atom. The lowest BCUT2D eigenvalue weighted by Crippen LogP contribution is -2.52. The Morgan fingerprint density at radius 3 is 2.81 bits per heavy atom. The van der Waals surface area contributed by atoms with Crippen molar-refractivity contribution >= 4 is 11.8 Å². The fourth-order valence-electron chi connectivity index (χ4n) is 3.85. The molecule has 0 spiro atoms. The Hall–Kier alpha value is -2.91. The number of amides is 2. The van der Waals surface area contributed by atoms with Crippen LogP contribution in [0.25, 0.3) is 5.69 Å². The van der Waals surface area contributed by atoms with Crippen molar-refractivity contribution < 1.29 is 14.7 Å². The van der Waals surface area contributed by atoms with Gasteiger partial charge in [0.2, 0.25) is 5.91 Å². The number of carbonyl (C=O) groups is 2. The molecule has 2 heterocycles. The summed E-state index contributed by atoms with van der Waals surface area (Å²) in [7, 11) is 0. The van der Waals surface area contributed by atoms with E-state index in [0.29, 0.717) is 11.6 Å². The highest BCUT2D eigenvalue weighted by atomic mass is 16.3. The Bertz CT molecular complexity index is 837.